The molecule has 2 N–H and O–H groups in total. The van der Waals surface area contributed by atoms with Crippen LogP contribution in [0.4, 0.5) is 23.2 Å². The van der Waals surface area contributed by atoms with Gasteiger partial charge in [-0.05, 0) is 29.8 Å². The van der Waals surface area contributed by atoms with Gasteiger partial charge in [0.25, 0.3) is 0 Å². The van der Waals surface area contributed by atoms with Gasteiger partial charge in [-0.3, -0.25) is 9.59 Å². The second-order valence-electron chi connectivity index (χ2n) is 4.49. The summed E-state index contributed by atoms with van der Waals surface area (Å²) in [6, 6.07) is 6.57. The molecule has 0 aromatic heterocycles. The van der Waals surface area contributed by atoms with Gasteiger partial charge in [0.05, 0.1) is 5.69 Å². The average molecular weight is 326 g/mol. The van der Waals surface area contributed by atoms with Crippen LogP contribution in [0.25, 0.3) is 0 Å². The van der Waals surface area contributed by atoms with Gasteiger partial charge in [-0.25, -0.2) is 17.6 Å². The number of carbonyl (C=O) groups is 2. The summed E-state index contributed by atoms with van der Waals surface area (Å²) < 4.78 is 51.9. The fraction of sp³-hybridized carbons (Fsp3) is 0.0667. The van der Waals surface area contributed by atoms with Crippen molar-refractivity contribution in [2.75, 3.05) is 5.32 Å². The molecule has 4 nitrogen and oxygen atoms in total. The molecule has 2 aromatic carbocycles. The van der Waals surface area contributed by atoms with Crippen LogP contribution in [0.15, 0.2) is 36.4 Å². The van der Waals surface area contributed by atoms with Gasteiger partial charge in [-0.2, -0.15) is 0 Å². The van der Waals surface area contributed by atoms with Crippen LogP contribution < -0.4 is 10.6 Å². The first-order valence-electron chi connectivity index (χ1n) is 6.35. The van der Waals surface area contributed by atoms with E-state index in [0.717, 1.165) is 6.07 Å². The molecule has 0 atom stereocenters. The first-order valence-corrected chi connectivity index (χ1v) is 6.35. The van der Waals surface area contributed by atoms with Crippen LogP contribution in [0.2, 0.25) is 0 Å². The highest BCUT2D eigenvalue weighted by molar-refractivity contribution is 6.39. The molecule has 0 radical (unpaired) electrons. The Morgan fingerprint density at radius 1 is 0.826 bits per heavy atom. The van der Waals surface area contributed by atoms with Crippen LogP contribution >= 0.6 is 0 Å². The molecule has 0 unspecified atom stereocenters. The normalized spacial score (nSPS) is 10.3. The van der Waals surface area contributed by atoms with E-state index in [9.17, 15) is 27.2 Å². The van der Waals surface area contributed by atoms with Gasteiger partial charge in [0, 0.05) is 6.54 Å². The minimum absolute atomic E-state index is 0.0627. The van der Waals surface area contributed by atoms with Crippen molar-refractivity contribution in [2.24, 2.45) is 0 Å². The molecular weight excluding hydrogens is 316 g/mol. The molecule has 0 fully saturated rings. The predicted octanol–water partition coefficient (Wildman–Crippen LogP) is 2.50. The summed E-state index contributed by atoms with van der Waals surface area (Å²) in [6.07, 6.45) is 0. The molecule has 0 heterocycles. The first-order chi connectivity index (χ1) is 10.9. The summed E-state index contributed by atoms with van der Waals surface area (Å²) >= 11 is 0. The van der Waals surface area contributed by atoms with Crippen molar-refractivity contribution in [3.05, 3.63) is 65.2 Å². The van der Waals surface area contributed by atoms with Gasteiger partial charge in [0.15, 0.2) is 17.5 Å². The van der Waals surface area contributed by atoms with E-state index in [2.05, 4.69) is 5.32 Å². The topological polar surface area (TPSA) is 58.2 Å². The fourth-order valence-electron chi connectivity index (χ4n) is 1.67. The van der Waals surface area contributed by atoms with E-state index >= 15 is 0 Å². The van der Waals surface area contributed by atoms with Gasteiger partial charge in [0.2, 0.25) is 0 Å². The van der Waals surface area contributed by atoms with E-state index in [4.69, 9.17) is 0 Å². The Hall–Kier alpha value is -2.90. The van der Waals surface area contributed by atoms with Crippen molar-refractivity contribution < 1.29 is 27.2 Å². The van der Waals surface area contributed by atoms with E-state index in [0.29, 0.717) is 11.6 Å². The lowest BCUT2D eigenvalue weighted by atomic mass is 10.2. The Morgan fingerprint density at radius 2 is 1.48 bits per heavy atom. The highest BCUT2D eigenvalue weighted by Crippen LogP contribution is 2.19. The molecule has 0 saturated heterocycles. The number of amides is 2. The largest absolute Gasteiger partial charge is 0.344 e. The fourth-order valence-corrected chi connectivity index (χ4v) is 1.67. The Labute approximate surface area is 128 Å². The number of rotatable bonds is 3. The van der Waals surface area contributed by atoms with E-state index in [1.165, 1.54) is 24.3 Å². The molecule has 0 aliphatic rings. The summed E-state index contributed by atoms with van der Waals surface area (Å²) in [7, 11) is 0. The predicted molar refractivity (Wildman–Crippen MR) is 73.2 cm³/mol. The van der Waals surface area contributed by atoms with Crippen molar-refractivity contribution in [3.63, 3.8) is 0 Å². The molecular formula is C15H10F4N2O2. The standard InChI is InChI=1S/C15H10F4N2O2/c16-9-3-1-8(2-4-9)7-20-14(22)15(23)21-11-6-5-10(17)12(18)13(11)19/h1-6H,7H2,(H,20,22)(H,21,23). The van der Waals surface area contributed by atoms with E-state index in [1.807, 2.05) is 5.32 Å². The number of anilines is 1. The summed E-state index contributed by atoms with van der Waals surface area (Å²) in [6.45, 7) is -0.0627. The second-order valence-corrected chi connectivity index (χ2v) is 4.49. The third-order valence-electron chi connectivity index (χ3n) is 2.86. The molecule has 0 aliphatic carbocycles. The number of halogens is 4. The van der Waals surface area contributed by atoms with Gasteiger partial charge >= 0.3 is 11.8 Å². The van der Waals surface area contributed by atoms with E-state index in [1.54, 1.807) is 0 Å². The Balaban J connectivity index is 1.96. The van der Waals surface area contributed by atoms with E-state index in [-0.39, 0.29) is 6.54 Å². The van der Waals surface area contributed by atoms with E-state index < -0.39 is 40.8 Å². The summed E-state index contributed by atoms with van der Waals surface area (Å²) in [5.41, 5.74) is -0.127. The lowest BCUT2D eigenvalue weighted by Gasteiger charge is -2.08. The van der Waals surface area contributed by atoms with Crippen molar-refractivity contribution in [1.29, 1.82) is 0 Å². The van der Waals surface area contributed by atoms with Gasteiger partial charge in [-0.15, -0.1) is 0 Å². The number of hydrogen-bond donors (Lipinski definition) is 2. The Morgan fingerprint density at radius 3 is 2.13 bits per heavy atom. The molecule has 23 heavy (non-hydrogen) atoms. The van der Waals surface area contributed by atoms with Crippen molar-refractivity contribution in [1.82, 2.24) is 5.32 Å². The maximum Gasteiger partial charge on any atom is 0.313 e. The third-order valence-corrected chi connectivity index (χ3v) is 2.86. The molecule has 0 aliphatic heterocycles. The summed E-state index contributed by atoms with van der Waals surface area (Å²) in [4.78, 5) is 23.1. The zero-order valence-electron chi connectivity index (χ0n) is 11.5. The van der Waals surface area contributed by atoms with Crippen LogP contribution in [-0.4, -0.2) is 11.8 Å². The molecule has 2 amide bonds. The second kappa shape index (κ2) is 6.91. The zero-order valence-corrected chi connectivity index (χ0v) is 11.5. The summed E-state index contributed by atoms with van der Waals surface area (Å²) in [5.74, 6) is -7.59. The molecule has 120 valence electrons. The van der Waals surface area contributed by atoms with Crippen LogP contribution in [-0.2, 0) is 16.1 Å². The van der Waals surface area contributed by atoms with Crippen molar-refractivity contribution in [2.45, 2.75) is 6.54 Å². The average Bonchev–Trinajstić information content (AvgIpc) is 2.54. The quantitative estimate of drug-likeness (QED) is 0.517. The minimum atomic E-state index is -1.76. The zero-order chi connectivity index (χ0) is 17.0. The molecule has 0 spiro atoms. The number of carbonyl (C=O) groups excluding carboxylic acids is 2. The minimum Gasteiger partial charge on any atom is -0.344 e. The number of benzene rings is 2. The van der Waals surface area contributed by atoms with Gasteiger partial charge < -0.3 is 10.6 Å². The maximum absolute atomic E-state index is 13.4. The van der Waals surface area contributed by atoms with Crippen LogP contribution in [0, 0.1) is 23.3 Å². The lowest BCUT2D eigenvalue weighted by Crippen LogP contribution is -2.35. The number of nitrogens with one attached hydrogen (secondary N) is 2. The molecule has 2 aromatic rings. The van der Waals surface area contributed by atoms with Crippen molar-refractivity contribution >= 4 is 17.5 Å². The SMILES string of the molecule is O=C(NCc1ccc(F)cc1)C(=O)Nc1ccc(F)c(F)c1F. The first kappa shape index (κ1) is 16.5. The molecule has 8 heteroatoms. The van der Waals surface area contributed by atoms with Gasteiger partial charge in [0.1, 0.15) is 5.82 Å². The molecule has 0 saturated carbocycles. The molecule has 2 rings (SSSR count). The Bertz CT molecular complexity index is 748. The maximum atomic E-state index is 13.4. The van der Waals surface area contributed by atoms with Crippen molar-refractivity contribution in [3.8, 4) is 0 Å². The lowest BCUT2D eigenvalue weighted by molar-refractivity contribution is -0.136. The smallest absolute Gasteiger partial charge is 0.313 e. The summed E-state index contributed by atoms with van der Waals surface area (Å²) in [5, 5.41) is 4.05. The highest BCUT2D eigenvalue weighted by Gasteiger charge is 2.19. The number of hydrogen-bond acceptors (Lipinski definition) is 2. The monoisotopic (exact) mass is 326 g/mol. The van der Waals surface area contributed by atoms with Crippen LogP contribution in [0.1, 0.15) is 5.56 Å². The highest BCUT2D eigenvalue weighted by atomic mass is 19.2. The Kier molecular flexibility index (Phi) is 4.95. The van der Waals surface area contributed by atoms with Crippen LogP contribution in [0.3, 0.4) is 0 Å². The van der Waals surface area contributed by atoms with Gasteiger partial charge in [-0.1, -0.05) is 12.1 Å². The van der Waals surface area contributed by atoms with Crippen LogP contribution in [0.5, 0.6) is 0 Å². The third kappa shape index (κ3) is 4.06. The molecule has 0 bridgehead atoms.